The summed E-state index contributed by atoms with van der Waals surface area (Å²) in [6, 6.07) is 0. The average Bonchev–Trinajstić information content (AvgIpc) is 2.10. The Morgan fingerprint density at radius 1 is 1.20 bits per heavy atom. The molecule has 0 atom stereocenters. The zero-order chi connectivity index (χ0) is 11.8. The van der Waals surface area contributed by atoms with E-state index < -0.39 is 17.9 Å². The summed E-state index contributed by atoms with van der Waals surface area (Å²) in [5.74, 6) is -1.75. The topological polar surface area (TPSA) is 69.7 Å². The van der Waals surface area contributed by atoms with Crippen LogP contribution in [0.25, 0.3) is 0 Å². The Bertz CT molecular complexity index is 280. The summed E-state index contributed by atoms with van der Waals surface area (Å²) in [5, 5.41) is 0. The summed E-state index contributed by atoms with van der Waals surface area (Å²) in [4.78, 5) is 32.0. The smallest absolute Gasteiger partial charge is 0.333 e. The standard InChI is InChI=1S/C10H14O5/c1-7(2)10(13)14-6-4-5-9(12)15-8(3)11/h1,4-6H2,2-3H3. The number of ether oxygens (including phenoxy) is 2. The van der Waals surface area contributed by atoms with Crippen LogP contribution in [0.5, 0.6) is 0 Å². The lowest BCUT2D eigenvalue weighted by molar-refractivity contribution is -0.158. The minimum atomic E-state index is -0.640. The highest BCUT2D eigenvalue weighted by molar-refractivity contribution is 5.87. The number of hydrogen-bond acceptors (Lipinski definition) is 5. The van der Waals surface area contributed by atoms with Crippen LogP contribution in [-0.4, -0.2) is 24.5 Å². The third-order valence-electron chi connectivity index (χ3n) is 1.36. The SMILES string of the molecule is C=C(C)C(=O)OCCCC(=O)OC(C)=O. The van der Waals surface area contributed by atoms with Crippen LogP contribution in [0.4, 0.5) is 0 Å². The zero-order valence-corrected chi connectivity index (χ0v) is 8.87. The predicted octanol–water partition coefficient (Wildman–Crippen LogP) is 0.976. The summed E-state index contributed by atoms with van der Waals surface area (Å²) in [6.07, 6.45) is 0.369. The van der Waals surface area contributed by atoms with Crippen LogP contribution in [0, 0.1) is 0 Å². The van der Waals surface area contributed by atoms with Gasteiger partial charge in [0, 0.05) is 18.9 Å². The van der Waals surface area contributed by atoms with Gasteiger partial charge in [-0.3, -0.25) is 9.59 Å². The highest BCUT2D eigenvalue weighted by atomic mass is 16.6. The highest BCUT2D eigenvalue weighted by Crippen LogP contribution is 1.97. The molecule has 5 heteroatoms. The van der Waals surface area contributed by atoms with Crippen molar-refractivity contribution >= 4 is 17.9 Å². The van der Waals surface area contributed by atoms with Crippen molar-refractivity contribution in [2.75, 3.05) is 6.61 Å². The summed E-state index contributed by atoms with van der Waals surface area (Å²) in [6.45, 7) is 6.19. The van der Waals surface area contributed by atoms with E-state index in [2.05, 4.69) is 11.3 Å². The molecule has 15 heavy (non-hydrogen) atoms. The predicted molar refractivity (Wildman–Crippen MR) is 51.8 cm³/mol. The maximum absolute atomic E-state index is 10.9. The van der Waals surface area contributed by atoms with E-state index in [9.17, 15) is 14.4 Å². The van der Waals surface area contributed by atoms with E-state index >= 15 is 0 Å². The first kappa shape index (κ1) is 13.4. The Balaban J connectivity index is 3.55. The molecule has 0 amide bonds. The minimum absolute atomic E-state index is 0.0447. The Hall–Kier alpha value is -1.65. The lowest BCUT2D eigenvalue weighted by Crippen LogP contribution is -2.11. The molecule has 0 aromatic carbocycles. The van der Waals surface area contributed by atoms with Crippen LogP contribution >= 0.6 is 0 Å². The molecule has 0 radical (unpaired) electrons. The van der Waals surface area contributed by atoms with E-state index in [0.717, 1.165) is 6.92 Å². The third kappa shape index (κ3) is 7.42. The maximum atomic E-state index is 10.9. The Labute approximate surface area is 88.0 Å². The lowest BCUT2D eigenvalue weighted by atomic mass is 10.3. The van der Waals surface area contributed by atoms with Crippen molar-refractivity contribution in [1.29, 1.82) is 0 Å². The van der Waals surface area contributed by atoms with E-state index in [1.54, 1.807) is 0 Å². The van der Waals surface area contributed by atoms with Gasteiger partial charge in [0.15, 0.2) is 0 Å². The number of carbonyl (C=O) groups is 3. The van der Waals surface area contributed by atoms with Crippen molar-refractivity contribution < 1.29 is 23.9 Å². The second kappa shape index (κ2) is 6.75. The first-order valence-corrected chi connectivity index (χ1v) is 4.47. The van der Waals surface area contributed by atoms with Crippen LogP contribution in [0.2, 0.25) is 0 Å². The van der Waals surface area contributed by atoms with Gasteiger partial charge in [0.05, 0.1) is 6.61 Å². The molecule has 0 aliphatic carbocycles. The van der Waals surface area contributed by atoms with Crippen molar-refractivity contribution in [2.45, 2.75) is 26.7 Å². The molecule has 0 N–H and O–H groups in total. The molecule has 0 aliphatic heterocycles. The van der Waals surface area contributed by atoms with Gasteiger partial charge in [-0.1, -0.05) is 6.58 Å². The van der Waals surface area contributed by atoms with E-state index in [0.29, 0.717) is 12.0 Å². The van der Waals surface area contributed by atoms with Gasteiger partial charge in [0.1, 0.15) is 0 Å². The fourth-order valence-corrected chi connectivity index (χ4v) is 0.716. The third-order valence-corrected chi connectivity index (χ3v) is 1.36. The molecular weight excluding hydrogens is 200 g/mol. The van der Waals surface area contributed by atoms with Crippen LogP contribution in [0.15, 0.2) is 12.2 Å². The first-order valence-electron chi connectivity index (χ1n) is 4.47. The number of hydrogen-bond donors (Lipinski definition) is 0. The Morgan fingerprint density at radius 3 is 2.27 bits per heavy atom. The maximum Gasteiger partial charge on any atom is 0.333 e. The molecule has 5 nitrogen and oxygen atoms in total. The van der Waals surface area contributed by atoms with E-state index in [4.69, 9.17) is 4.74 Å². The number of rotatable bonds is 5. The van der Waals surface area contributed by atoms with Gasteiger partial charge < -0.3 is 9.47 Å². The minimum Gasteiger partial charge on any atom is -0.462 e. The molecule has 0 saturated carbocycles. The normalized spacial score (nSPS) is 9.20. The van der Waals surface area contributed by atoms with Gasteiger partial charge in [0.25, 0.3) is 0 Å². The van der Waals surface area contributed by atoms with Crippen molar-refractivity contribution in [3.63, 3.8) is 0 Å². The molecular formula is C10H14O5. The van der Waals surface area contributed by atoms with E-state index in [-0.39, 0.29) is 13.0 Å². The second-order valence-electron chi connectivity index (χ2n) is 2.99. The molecule has 0 bridgehead atoms. The molecule has 0 fully saturated rings. The summed E-state index contributed by atoms with van der Waals surface area (Å²) >= 11 is 0. The average molecular weight is 214 g/mol. The van der Waals surface area contributed by atoms with Gasteiger partial charge >= 0.3 is 17.9 Å². The van der Waals surface area contributed by atoms with Gasteiger partial charge in [-0.15, -0.1) is 0 Å². The molecule has 0 aromatic heterocycles. The van der Waals surface area contributed by atoms with Crippen LogP contribution in [0.3, 0.4) is 0 Å². The molecule has 0 aromatic rings. The second-order valence-corrected chi connectivity index (χ2v) is 2.99. The largest absolute Gasteiger partial charge is 0.462 e. The summed E-state index contributed by atoms with van der Waals surface area (Å²) < 4.78 is 9.00. The monoisotopic (exact) mass is 214 g/mol. The van der Waals surface area contributed by atoms with Crippen LogP contribution in [0.1, 0.15) is 26.7 Å². The Morgan fingerprint density at radius 2 is 1.80 bits per heavy atom. The van der Waals surface area contributed by atoms with Crippen LogP contribution in [-0.2, 0) is 23.9 Å². The van der Waals surface area contributed by atoms with Crippen molar-refractivity contribution in [1.82, 2.24) is 0 Å². The van der Waals surface area contributed by atoms with Crippen LogP contribution < -0.4 is 0 Å². The van der Waals surface area contributed by atoms with Crippen molar-refractivity contribution in [3.05, 3.63) is 12.2 Å². The Kier molecular flexibility index (Phi) is 6.01. The number of esters is 3. The molecule has 0 unspecified atom stereocenters. The molecule has 0 spiro atoms. The summed E-state index contributed by atoms with van der Waals surface area (Å²) in [7, 11) is 0. The van der Waals surface area contributed by atoms with Gasteiger partial charge in [-0.2, -0.15) is 0 Å². The highest BCUT2D eigenvalue weighted by Gasteiger charge is 2.07. The summed E-state index contributed by atoms with van der Waals surface area (Å²) in [5.41, 5.74) is 0.307. The molecule has 0 aliphatic rings. The van der Waals surface area contributed by atoms with Gasteiger partial charge in [0.2, 0.25) is 0 Å². The molecule has 84 valence electrons. The van der Waals surface area contributed by atoms with Crippen molar-refractivity contribution in [3.8, 4) is 0 Å². The number of carbonyl (C=O) groups excluding carboxylic acids is 3. The fraction of sp³-hybridized carbons (Fsp3) is 0.500. The van der Waals surface area contributed by atoms with Gasteiger partial charge in [-0.05, 0) is 13.3 Å². The lowest BCUT2D eigenvalue weighted by Gasteiger charge is -2.03. The van der Waals surface area contributed by atoms with E-state index in [1.165, 1.54) is 6.92 Å². The first-order chi connectivity index (χ1) is 6.93. The molecule has 0 saturated heterocycles. The molecule has 0 heterocycles. The molecule has 0 rings (SSSR count). The quantitative estimate of drug-likeness (QED) is 0.295. The fourth-order valence-electron chi connectivity index (χ4n) is 0.716. The van der Waals surface area contributed by atoms with Crippen molar-refractivity contribution in [2.24, 2.45) is 0 Å². The zero-order valence-electron chi connectivity index (χ0n) is 8.87. The van der Waals surface area contributed by atoms with Gasteiger partial charge in [-0.25, -0.2) is 4.79 Å². The van der Waals surface area contributed by atoms with E-state index in [1.807, 2.05) is 0 Å².